The van der Waals surface area contributed by atoms with Crippen molar-refractivity contribution in [2.24, 2.45) is 0 Å². The van der Waals surface area contributed by atoms with E-state index in [9.17, 15) is 0 Å². The van der Waals surface area contributed by atoms with Gasteiger partial charge in [-0.15, -0.1) is 0 Å². The highest BCUT2D eigenvalue weighted by molar-refractivity contribution is 4.99. The standard InChI is InChI=1S/C10H17N3O/c1-7(2)10-12-9(13-14-10)8-4-3-5-11-6-8/h7-8,11H,3-6H2,1-2H3/t8-/m0/s1. The largest absolute Gasteiger partial charge is 0.339 e. The van der Waals surface area contributed by atoms with E-state index in [1.165, 1.54) is 12.8 Å². The normalized spacial score (nSPS) is 22.9. The van der Waals surface area contributed by atoms with Crippen molar-refractivity contribution in [2.45, 2.75) is 38.5 Å². The van der Waals surface area contributed by atoms with Gasteiger partial charge in [0.15, 0.2) is 5.82 Å². The fourth-order valence-electron chi connectivity index (χ4n) is 1.72. The lowest BCUT2D eigenvalue weighted by atomic mass is 9.99. The van der Waals surface area contributed by atoms with E-state index >= 15 is 0 Å². The van der Waals surface area contributed by atoms with Gasteiger partial charge in [-0.2, -0.15) is 4.98 Å². The molecule has 0 spiro atoms. The molecule has 2 heterocycles. The van der Waals surface area contributed by atoms with Crippen LogP contribution in [0.4, 0.5) is 0 Å². The Labute approximate surface area is 84.1 Å². The summed E-state index contributed by atoms with van der Waals surface area (Å²) in [6.07, 6.45) is 2.38. The highest BCUT2D eigenvalue weighted by atomic mass is 16.5. The molecule has 1 aromatic rings. The van der Waals surface area contributed by atoms with E-state index in [0.29, 0.717) is 11.8 Å². The molecule has 78 valence electrons. The second-order valence-corrected chi connectivity index (χ2v) is 4.19. The maximum Gasteiger partial charge on any atom is 0.229 e. The van der Waals surface area contributed by atoms with Gasteiger partial charge in [-0.05, 0) is 19.4 Å². The molecule has 1 aliphatic rings. The summed E-state index contributed by atoms with van der Waals surface area (Å²) in [5.41, 5.74) is 0. The molecule has 4 nitrogen and oxygen atoms in total. The number of nitrogens with zero attached hydrogens (tertiary/aromatic N) is 2. The van der Waals surface area contributed by atoms with E-state index < -0.39 is 0 Å². The van der Waals surface area contributed by atoms with Gasteiger partial charge in [-0.3, -0.25) is 0 Å². The van der Waals surface area contributed by atoms with Crippen molar-refractivity contribution in [2.75, 3.05) is 13.1 Å². The van der Waals surface area contributed by atoms with Crippen LogP contribution < -0.4 is 5.32 Å². The highest BCUT2D eigenvalue weighted by Crippen LogP contribution is 2.22. The summed E-state index contributed by atoms with van der Waals surface area (Å²) in [6, 6.07) is 0. The Morgan fingerprint density at radius 3 is 2.93 bits per heavy atom. The molecule has 1 aliphatic heterocycles. The van der Waals surface area contributed by atoms with Crippen LogP contribution in [0.3, 0.4) is 0 Å². The van der Waals surface area contributed by atoms with Gasteiger partial charge in [0.1, 0.15) is 0 Å². The molecular formula is C10H17N3O. The number of nitrogens with one attached hydrogen (secondary N) is 1. The van der Waals surface area contributed by atoms with E-state index in [0.717, 1.165) is 24.8 Å². The van der Waals surface area contributed by atoms with Crippen LogP contribution in [0.25, 0.3) is 0 Å². The Bertz CT molecular complexity index is 289. The van der Waals surface area contributed by atoms with Gasteiger partial charge in [0.2, 0.25) is 5.89 Å². The van der Waals surface area contributed by atoms with Crippen LogP contribution in [0.5, 0.6) is 0 Å². The van der Waals surface area contributed by atoms with Crippen molar-refractivity contribution < 1.29 is 4.52 Å². The third-order valence-corrected chi connectivity index (χ3v) is 2.61. The molecule has 14 heavy (non-hydrogen) atoms. The van der Waals surface area contributed by atoms with Crippen LogP contribution in [0.15, 0.2) is 4.52 Å². The molecule has 1 aromatic heterocycles. The summed E-state index contributed by atoms with van der Waals surface area (Å²) in [4.78, 5) is 4.42. The van der Waals surface area contributed by atoms with Crippen LogP contribution in [0.1, 0.15) is 50.2 Å². The Morgan fingerprint density at radius 1 is 1.50 bits per heavy atom. The van der Waals surface area contributed by atoms with Crippen LogP contribution in [-0.4, -0.2) is 23.2 Å². The maximum atomic E-state index is 5.19. The molecule has 2 rings (SSSR count). The topological polar surface area (TPSA) is 51.0 Å². The minimum absolute atomic E-state index is 0.327. The molecule has 0 unspecified atom stereocenters. The summed E-state index contributed by atoms with van der Waals surface area (Å²) in [7, 11) is 0. The second kappa shape index (κ2) is 4.09. The SMILES string of the molecule is CC(C)c1nc([C@H]2CCCNC2)no1. The Morgan fingerprint density at radius 2 is 2.36 bits per heavy atom. The number of aromatic nitrogens is 2. The summed E-state index contributed by atoms with van der Waals surface area (Å²) in [6.45, 7) is 6.23. The van der Waals surface area contributed by atoms with Crippen molar-refractivity contribution in [3.63, 3.8) is 0 Å². The van der Waals surface area contributed by atoms with Gasteiger partial charge >= 0.3 is 0 Å². The lowest BCUT2D eigenvalue weighted by Crippen LogP contribution is -2.28. The van der Waals surface area contributed by atoms with Crippen LogP contribution in [0, 0.1) is 0 Å². The van der Waals surface area contributed by atoms with E-state index in [1.807, 2.05) is 0 Å². The first kappa shape index (κ1) is 9.65. The predicted molar refractivity (Wildman–Crippen MR) is 53.2 cm³/mol. The lowest BCUT2D eigenvalue weighted by molar-refractivity contribution is 0.351. The minimum atomic E-state index is 0.327. The quantitative estimate of drug-likeness (QED) is 0.779. The van der Waals surface area contributed by atoms with Gasteiger partial charge in [-0.1, -0.05) is 19.0 Å². The van der Waals surface area contributed by atoms with Crippen molar-refractivity contribution in [3.05, 3.63) is 11.7 Å². The highest BCUT2D eigenvalue weighted by Gasteiger charge is 2.21. The van der Waals surface area contributed by atoms with Gasteiger partial charge in [0, 0.05) is 18.4 Å². The van der Waals surface area contributed by atoms with E-state index in [2.05, 4.69) is 29.3 Å². The number of hydrogen-bond acceptors (Lipinski definition) is 4. The summed E-state index contributed by atoms with van der Waals surface area (Å²) in [5.74, 6) is 2.40. The molecule has 0 amide bonds. The fraction of sp³-hybridized carbons (Fsp3) is 0.800. The first-order chi connectivity index (χ1) is 6.77. The molecule has 0 saturated carbocycles. The molecule has 0 aliphatic carbocycles. The fourth-order valence-corrected chi connectivity index (χ4v) is 1.72. The zero-order valence-corrected chi connectivity index (χ0v) is 8.79. The first-order valence-electron chi connectivity index (χ1n) is 5.31. The van der Waals surface area contributed by atoms with Gasteiger partial charge in [0.25, 0.3) is 0 Å². The average molecular weight is 195 g/mol. The van der Waals surface area contributed by atoms with Crippen molar-refractivity contribution >= 4 is 0 Å². The molecule has 1 atom stereocenters. The molecule has 1 saturated heterocycles. The predicted octanol–water partition coefficient (Wildman–Crippen LogP) is 1.66. The smallest absolute Gasteiger partial charge is 0.229 e. The zero-order chi connectivity index (χ0) is 9.97. The van der Waals surface area contributed by atoms with Crippen LogP contribution >= 0.6 is 0 Å². The van der Waals surface area contributed by atoms with Crippen molar-refractivity contribution in [3.8, 4) is 0 Å². The average Bonchev–Trinajstić information content (AvgIpc) is 2.68. The molecule has 1 fully saturated rings. The molecule has 1 N–H and O–H groups in total. The summed E-state index contributed by atoms with van der Waals surface area (Å²) < 4.78 is 5.19. The van der Waals surface area contributed by atoms with E-state index in [4.69, 9.17) is 4.52 Å². The van der Waals surface area contributed by atoms with Gasteiger partial charge < -0.3 is 9.84 Å². The summed E-state index contributed by atoms with van der Waals surface area (Å²) in [5, 5.41) is 7.39. The number of piperidine rings is 1. The molecule has 4 heteroatoms. The van der Waals surface area contributed by atoms with Crippen LogP contribution in [0.2, 0.25) is 0 Å². The maximum absolute atomic E-state index is 5.19. The Balaban J connectivity index is 2.07. The Hall–Kier alpha value is -0.900. The van der Waals surface area contributed by atoms with Crippen LogP contribution in [-0.2, 0) is 0 Å². The first-order valence-corrected chi connectivity index (χ1v) is 5.31. The third kappa shape index (κ3) is 1.95. The minimum Gasteiger partial charge on any atom is -0.339 e. The third-order valence-electron chi connectivity index (χ3n) is 2.61. The number of hydrogen-bond donors (Lipinski definition) is 1. The lowest BCUT2D eigenvalue weighted by Gasteiger charge is -2.19. The van der Waals surface area contributed by atoms with Crippen molar-refractivity contribution in [1.82, 2.24) is 15.5 Å². The molecule has 0 bridgehead atoms. The molecule has 0 aromatic carbocycles. The molecule has 0 radical (unpaired) electrons. The zero-order valence-electron chi connectivity index (χ0n) is 8.79. The summed E-state index contributed by atoms with van der Waals surface area (Å²) >= 11 is 0. The van der Waals surface area contributed by atoms with Gasteiger partial charge in [-0.25, -0.2) is 0 Å². The Kier molecular flexibility index (Phi) is 2.82. The van der Waals surface area contributed by atoms with E-state index in [-0.39, 0.29) is 0 Å². The van der Waals surface area contributed by atoms with Gasteiger partial charge in [0.05, 0.1) is 0 Å². The van der Waals surface area contributed by atoms with E-state index in [1.54, 1.807) is 0 Å². The molecular weight excluding hydrogens is 178 g/mol. The van der Waals surface area contributed by atoms with Crippen molar-refractivity contribution in [1.29, 1.82) is 0 Å². The monoisotopic (exact) mass is 195 g/mol. The second-order valence-electron chi connectivity index (χ2n) is 4.19. The number of rotatable bonds is 2.